The summed E-state index contributed by atoms with van der Waals surface area (Å²) in [5.41, 5.74) is 3.29. The Labute approximate surface area is 218 Å². The van der Waals surface area contributed by atoms with Gasteiger partial charge in [0.25, 0.3) is 5.91 Å². The second-order valence-corrected chi connectivity index (χ2v) is 10.8. The molecule has 2 N–H and O–H groups in total. The van der Waals surface area contributed by atoms with Gasteiger partial charge >= 0.3 is 0 Å². The summed E-state index contributed by atoms with van der Waals surface area (Å²) in [5, 5.41) is 7.86. The molecule has 0 atom stereocenters. The number of nitrogens with zero attached hydrogens (tertiary/aromatic N) is 2. The van der Waals surface area contributed by atoms with Crippen molar-refractivity contribution in [2.45, 2.75) is 78.6 Å². The predicted octanol–water partition coefficient (Wildman–Crippen LogP) is 6.22. The summed E-state index contributed by atoms with van der Waals surface area (Å²) in [5.74, 6) is -0.605. The maximum Gasteiger partial charge on any atom is 0.253 e. The van der Waals surface area contributed by atoms with Gasteiger partial charge < -0.3 is 19.9 Å². The zero-order valence-corrected chi connectivity index (χ0v) is 22.8. The Morgan fingerprint density at radius 1 is 1.14 bits per heavy atom. The van der Waals surface area contributed by atoms with Crippen molar-refractivity contribution in [2.75, 3.05) is 11.9 Å². The zero-order chi connectivity index (χ0) is 26.1. The molecule has 0 fully saturated rings. The van der Waals surface area contributed by atoms with Gasteiger partial charge in [0.2, 0.25) is 5.91 Å². The molecule has 2 aromatic heterocycles. The van der Waals surface area contributed by atoms with Gasteiger partial charge in [0.15, 0.2) is 5.13 Å². The Kier molecular flexibility index (Phi) is 9.84. The Bertz CT molecular complexity index is 1140. The van der Waals surface area contributed by atoms with Gasteiger partial charge in [-0.2, -0.15) is 0 Å². The molecule has 0 saturated heterocycles. The molecular formula is C28H38N4O3S. The number of hydrogen-bond donors (Lipinski definition) is 2. The van der Waals surface area contributed by atoms with Crippen LogP contribution >= 0.6 is 11.3 Å². The van der Waals surface area contributed by atoms with Crippen LogP contribution in [0.1, 0.15) is 76.2 Å². The Morgan fingerprint density at radius 2 is 1.89 bits per heavy atom. The third kappa shape index (κ3) is 8.03. The molecule has 7 nitrogen and oxygen atoms in total. The van der Waals surface area contributed by atoms with E-state index in [2.05, 4.69) is 62.4 Å². The molecule has 3 rings (SSSR count). The van der Waals surface area contributed by atoms with E-state index in [9.17, 15) is 9.59 Å². The molecule has 0 aliphatic carbocycles. The fourth-order valence-electron chi connectivity index (χ4n) is 3.83. The summed E-state index contributed by atoms with van der Waals surface area (Å²) in [6.07, 6.45) is 8.33. The van der Waals surface area contributed by atoms with Crippen LogP contribution in [0.3, 0.4) is 0 Å². The van der Waals surface area contributed by atoms with Crippen LogP contribution in [0, 0.1) is 0 Å². The van der Waals surface area contributed by atoms with E-state index in [1.807, 2.05) is 28.3 Å². The normalized spacial score (nSPS) is 11.6. The van der Waals surface area contributed by atoms with Crippen LogP contribution in [0.5, 0.6) is 0 Å². The second-order valence-electron chi connectivity index (χ2n) is 9.96. The van der Waals surface area contributed by atoms with E-state index in [1.165, 1.54) is 11.3 Å². The summed E-state index contributed by atoms with van der Waals surface area (Å²) >= 11 is 1.36. The second kappa shape index (κ2) is 12.8. The Morgan fingerprint density at radius 3 is 2.56 bits per heavy atom. The van der Waals surface area contributed by atoms with Crippen LogP contribution in [0.25, 0.3) is 11.3 Å². The van der Waals surface area contributed by atoms with Gasteiger partial charge in [0.05, 0.1) is 30.5 Å². The number of rotatable bonds is 12. The highest BCUT2D eigenvalue weighted by Gasteiger charge is 2.16. The fraction of sp³-hybridized carbons (Fsp3) is 0.464. The van der Waals surface area contributed by atoms with Crippen molar-refractivity contribution in [3.05, 3.63) is 59.2 Å². The van der Waals surface area contributed by atoms with Crippen molar-refractivity contribution in [1.29, 1.82) is 0 Å². The predicted molar refractivity (Wildman–Crippen MR) is 146 cm³/mol. The van der Waals surface area contributed by atoms with Gasteiger partial charge in [-0.1, -0.05) is 44.9 Å². The summed E-state index contributed by atoms with van der Waals surface area (Å²) in [4.78, 5) is 29.4. The summed E-state index contributed by atoms with van der Waals surface area (Å²) in [6.45, 7) is 11.0. The molecule has 0 aliphatic heterocycles. The molecule has 36 heavy (non-hydrogen) atoms. The standard InChI is InChI=1S/C28H38N4O3S/c1-6-9-23(10-7-2)35-18-20-11-8-12-21(15-20)24-19-36-27(30-24)31-25(33)16-29-26(34)22-13-14-32(17-22)28(3,4)5/h8,11-15,17,19,23H,6-7,9-10,16,18H2,1-5H3,(H,29,34)(H,30,31,33). The van der Waals surface area contributed by atoms with Gasteiger partial charge in [-0.05, 0) is 51.3 Å². The van der Waals surface area contributed by atoms with Crippen LogP contribution < -0.4 is 10.6 Å². The van der Waals surface area contributed by atoms with Crippen molar-refractivity contribution in [2.24, 2.45) is 0 Å². The first-order chi connectivity index (χ1) is 17.2. The zero-order valence-electron chi connectivity index (χ0n) is 22.0. The minimum absolute atomic E-state index is 0.114. The lowest BCUT2D eigenvalue weighted by atomic mass is 10.1. The maximum absolute atomic E-state index is 12.4. The molecule has 2 heterocycles. The van der Waals surface area contributed by atoms with Gasteiger partial charge in [-0.25, -0.2) is 4.98 Å². The number of aromatic nitrogens is 2. The average Bonchev–Trinajstić information content (AvgIpc) is 3.52. The molecule has 194 valence electrons. The van der Waals surface area contributed by atoms with E-state index < -0.39 is 0 Å². The SMILES string of the molecule is CCCC(CCC)OCc1cccc(-c2csc(NC(=O)CNC(=O)c3ccn(C(C)(C)C)c3)n2)c1. The number of amides is 2. The summed E-state index contributed by atoms with van der Waals surface area (Å²) in [6, 6.07) is 9.90. The van der Waals surface area contributed by atoms with Crippen LogP contribution in [0.15, 0.2) is 48.1 Å². The molecule has 2 amide bonds. The summed E-state index contributed by atoms with van der Waals surface area (Å²) < 4.78 is 8.11. The monoisotopic (exact) mass is 510 g/mol. The lowest BCUT2D eigenvalue weighted by Gasteiger charge is -2.20. The number of carbonyl (C=O) groups excluding carboxylic acids is 2. The summed E-state index contributed by atoms with van der Waals surface area (Å²) in [7, 11) is 0. The minimum atomic E-state index is -0.320. The number of thiazole rings is 1. The quantitative estimate of drug-likeness (QED) is 0.303. The minimum Gasteiger partial charge on any atom is -0.374 e. The largest absolute Gasteiger partial charge is 0.374 e. The molecular weight excluding hydrogens is 472 g/mol. The molecule has 3 aromatic rings. The highest BCUT2D eigenvalue weighted by atomic mass is 32.1. The van der Waals surface area contributed by atoms with E-state index in [4.69, 9.17) is 4.74 Å². The van der Waals surface area contributed by atoms with Crippen molar-refractivity contribution in [3.63, 3.8) is 0 Å². The first kappa shape index (κ1) is 27.6. The van der Waals surface area contributed by atoms with E-state index >= 15 is 0 Å². The maximum atomic E-state index is 12.4. The van der Waals surface area contributed by atoms with Gasteiger partial charge in [0, 0.05) is 28.9 Å². The van der Waals surface area contributed by atoms with Crippen molar-refractivity contribution < 1.29 is 14.3 Å². The molecule has 0 aliphatic rings. The molecule has 0 radical (unpaired) electrons. The molecule has 0 saturated carbocycles. The van der Waals surface area contributed by atoms with E-state index in [1.54, 1.807) is 12.3 Å². The first-order valence-electron chi connectivity index (χ1n) is 12.6. The molecule has 8 heteroatoms. The van der Waals surface area contributed by atoms with Crippen molar-refractivity contribution in [1.82, 2.24) is 14.9 Å². The third-order valence-electron chi connectivity index (χ3n) is 5.82. The highest BCUT2D eigenvalue weighted by molar-refractivity contribution is 7.14. The lowest BCUT2D eigenvalue weighted by molar-refractivity contribution is -0.115. The van der Waals surface area contributed by atoms with Crippen molar-refractivity contribution in [3.8, 4) is 11.3 Å². The Balaban J connectivity index is 1.53. The number of hydrogen-bond acceptors (Lipinski definition) is 5. The fourth-order valence-corrected chi connectivity index (χ4v) is 4.56. The molecule has 0 bridgehead atoms. The number of nitrogens with one attached hydrogen (secondary N) is 2. The van der Waals surface area contributed by atoms with Crippen molar-refractivity contribution >= 4 is 28.3 Å². The average molecular weight is 511 g/mol. The van der Waals surface area contributed by atoms with Crippen LogP contribution in [0.4, 0.5) is 5.13 Å². The third-order valence-corrected chi connectivity index (χ3v) is 6.58. The molecule has 0 unspecified atom stereocenters. The number of ether oxygens (including phenoxy) is 1. The van der Waals surface area contributed by atoms with Crippen LogP contribution in [-0.4, -0.2) is 34.0 Å². The van der Waals surface area contributed by atoms with E-state index in [0.29, 0.717) is 23.4 Å². The smallest absolute Gasteiger partial charge is 0.253 e. The molecule has 1 aromatic carbocycles. The highest BCUT2D eigenvalue weighted by Crippen LogP contribution is 2.26. The van der Waals surface area contributed by atoms with Gasteiger partial charge in [0.1, 0.15) is 0 Å². The van der Waals surface area contributed by atoms with Crippen LogP contribution in [-0.2, 0) is 21.7 Å². The Hall–Kier alpha value is -2.97. The van der Waals surface area contributed by atoms with Crippen LogP contribution in [0.2, 0.25) is 0 Å². The van der Waals surface area contributed by atoms with E-state index in [-0.39, 0.29) is 23.9 Å². The number of carbonyl (C=O) groups is 2. The first-order valence-corrected chi connectivity index (χ1v) is 13.5. The number of anilines is 1. The topological polar surface area (TPSA) is 85.3 Å². The van der Waals surface area contributed by atoms with E-state index in [0.717, 1.165) is 42.5 Å². The molecule has 0 spiro atoms. The lowest BCUT2D eigenvalue weighted by Crippen LogP contribution is -2.32. The number of benzene rings is 1. The van der Waals surface area contributed by atoms with Gasteiger partial charge in [-0.3, -0.25) is 9.59 Å². The van der Waals surface area contributed by atoms with Gasteiger partial charge in [-0.15, -0.1) is 11.3 Å².